The molecule has 0 spiro atoms. The first kappa shape index (κ1) is 12.8. The van der Waals surface area contributed by atoms with Gasteiger partial charge in [-0.25, -0.2) is 4.98 Å². The molecule has 0 aliphatic heterocycles. The van der Waals surface area contributed by atoms with E-state index in [1.807, 2.05) is 24.7 Å². The highest BCUT2D eigenvalue weighted by Gasteiger charge is 2.05. The molecule has 4 nitrogen and oxygen atoms in total. The number of hydrogen-bond acceptors (Lipinski definition) is 3. The Morgan fingerprint density at radius 3 is 2.89 bits per heavy atom. The lowest BCUT2D eigenvalue weighted by atomic mass is 10.3. The molecule has 96 valence electrons. The second-order valence-electron chi connectivity index (χ2n) is 4.25. The molecule has 0 bridgehead atoms. The molecular formula is C14H20N4. The van der Waals surface area contributed by atoms with E-state index in [0.717, 1.165) is 43.1 Å². The molecule has 0 fully saturated rings. The van der Waals surface area contributed by atoms with E-state index >= 15 is 0 Å². The van der Waals surface area contributed by atoms with Crippen LogP contribution in [0.4, 0.5) is 0 Å². The summed E-state index contributed by atoms with van der Waals surface area (Å²) in [5.74, 6) is 1.11. The lowest BCUT2D eigenvalue weighted by molar-refractivity contribution is 0.709. The molecule has 0 aromatic carbocycles. The largest absolute Gasteiger partial charge is 0.311 e. The van der Waals surface area contributed by atoms with Gasteiger partial charge in [0.1, 0.15) is 5.82 Å². The number of aryl methyl sites for hydroxylation is 1. The van der Waals surface area contributed by atoms with Crippen LogP contribution in [0.3, 0.4) is 0 Å². The standard InChI is InChI=1S/C14H20N4/c1-3-5-14-17-8-9-18(14)13-6-7-16-12(10-13)11-15-4-2/h6-10,15H,3-5,11H2,1-2H3. The molecular weight excluding hydrogens is 224 g/mol. The second kappa shape index (κ2) is 6.31. The first-order valence-electron chi connectivity index (χ1n) is 6.53. The highest BCUT2D eigenvalue weighted by Crippen LogP contribution is 2.12. The smallest absolute Gasteiger partial charge is 0.113 e. The molecule has 2 aromatic heterocycles. The van der Waals surface area contributed by atoms with Gasteiger partial charge in [-0.05, 0) is 25.1 Å². The molecule has 4 heteroatoms. The minimum Gasteiger partial charge on any atom is -0.311 e. The van der Waals surface area contributed by atoms with Gasteiger partial charge in [0.25, 0.3) is 0 Å². The van der Waals surface area contributed by atoms with E-state index in [2.05, 4.69) is 39.8 Å². The van der Waals surface area contributed by atoms with Crippen LogP contribution in [0, 0.1) is 0 Å². The number of aromatic nitrogens is 3. The van der Waals surface area contributed by atoms with Crippen molar-refractivity contribution in [3.63, 3.8) is 0 Å². The van der Waals surface area contributed by atoms with Crippen LogP contribution in [0.5, 0.6) is 0 Å². The molecule has 0 saturated carbocycles. The van der Waals surface area contributed by atoms with Gasteiger partial charge in [-0.15, -0.1) is 0 Å². The van der Waals surface area contributed by atoms with Gasteiger partial charge in [0.2, 0.25) is 0 Å². The van der Waals surface area contributed by atoms with Gasteiger partial charge in [0, 0.05) is 31.6 Å². The van der Waals surface area contributed by atoms with Crippen molar-refractivity contribution in [2.24, 2.45) is 0 Å². The number of imidazole rings is 1. The molecule has 2 heterocycles. The summed E-state index contributed by atoms with van der Waals surface area (Å²) in [6, 6.07) is 4.14. The predicted octanol–water partition coefficient (Wildman–Crippen LogP) is 2.33. The summed E-state index contributed by atoms with van der Waals surface area (Å²) in [7, 11) is 0. The van der Waals surface area contributed by atoms with Gasteiger partial charge >= 0.3 is 0 Å². The Morgan fingerprint density at radius 2 is 2.11 bits per heavy atom. The average molecular weight is 244 g/mol. The van der Waals surface area contributed by atoms with Crippen molar-refractivity contribution >= 4 is 0 Å². The molecule has 0 unspecified atom stereocenters. The SMILES string of the molecule is CCCc1nccn1-c1ccnc(CNCC)c1. The Bertz CT molecular complexity index is 490. The van der Waals surface area contributed by atoms with E-state index < -0.39 is 0 Å². The quantitative estimate of drug-likeness (QED) is 0.848. The fourth-order valence-electron chi connectivity index (χ4n) is 1.94. The Hall–Kier alpha value is -1.68. The first-order chi connectivity index (χ1) is 8.85. The Morgan fingerprint density at radius 1 is 1.22 bits per heavy atom. The summed E-state index contributed by atoms with van der Waals surface area (Å²) < 4.78 is 2.14. The normalized spacial score (nSPS) is 10.8. The lowest BCUT2D eigenvalue weighted by Crippen LogP contribution is -2.13. The van der Waals surface area contributed by atoms with Crippen molar-refractivity contribution in [1.82, 2.24) is 19.9 Å². The van der Waals surface area contributed by atoms with Gasteiger partial charge in [-0.1, -0.05) is 13.8 Å². The Balaban J connectivity index is 2.24. The van der Waals surface area contributed by atoms with Crippen LogP contribution >= 0.6 is 0 Å². The summed E-state index contributed by atoms with van der Waals surface area (Å²) in [4.78, 5) is 8.77. The number of hydrogen-bond donors (Lipinski definition) is 1. The van der Waals surface area contributed by atoms with Crippen LogP contribution < -0.4 is 5.32 Å². The summed E-state index contributed by atoms with van der Waals surface area (Å²) in [6.07, 6.45) is 7.83. The average Bonchev–Trinajstić information content (AvgIpc) is 2.85. The van der Waals surface area contributed by atoms with Crippen molar-refractivity contribution in [2.45, 2.75) is 33.2 Å². The third-order valence-electron chi connectivity index (χ3n) is 2.83. The van der Waals surface area contributed by atoms with Gasteiger partial charge in [0.15, 0.2) is 0 Å². The third-order valence-corrected chi connectivity index (χ3v) is 2.83. The van der Waals surface area contributed by atoms with E-state index in [9.17, 15) is 0 Å². The van der Waals surface area contributed by atoms with Crippen LogP contribution in [0.1, 0.15) is 31.8 Å². The summed E-state index contributed by atoms with van der Waals surface area (Å²) >= 11 is 0. The zero-order chi connectivity index (χ0) is 12.8. The zero-order valence-corrected chi connectivity index (χ0v) is 11.1. The molecule has 18 heavy (non-hydrogen) atoms. The number of nitrogens with one attached hydrogen (secondary N) is 1. The fourth-order valence-corrected chi connectivity index (χ4v) is 1.94. The van der Waals surface area contributed by atoms with Crippen LogP contribution in [-0.2, 0) is 13.0 Å². The molecule has 0 radical (unpaired) electrons. The second-order valence-corrected chi connectivity index (χ2v) is 4.25. The maximum absolute atomic E-state index is 4.40. The highest BCUT2D eigenvalue weighted by atomic mass is 15.1. The van der Waals surface area contributed by atoms with E-state index in [1.165, 1.54) is 0 Å². The lowest BCUT2D eigenvalue weighted by Gasteiger charge is -2.09. The molecule has 2 rings (SSSR count). The topological polar surface area (TPSA) is 42.7 Å². The van der Waals surface area contributed by atoms with Gasteiger partial charge in [-0.3, -0.25) is 4.98 Å². The molecule has 0 aliphatic carbocycles. The molecule has 0 amide bonds. The third kappa shape index (κ3) is 2.96. The Labute approximate surface area is 108 Å². The van der Waals surface area contributed by atoms with Gasteiger partial charge < -0.3 is 9.88 Å². The van der Waals surface area contributed by atoms with Gasteiger partial charge in [0.05, 0.1) is 11.4 Å². The predicted molar refractivity (Wildman–Crippen MR) is 72.7 cm³/mol. The number of nitrogens with zero attached hydrogens (tertiary/aromatic N) is 3. The van der Waals surface area contributed by atoms with Crippen molar-refractivity contribution in [2.75, 3.05) is 6.54 Å². The van der Waals surface area contributed by atoms with Crippen molar-refractivity contribution in [3.8, 4) is 5.69 Å². The summed E-state index contributed by atoms with van der Waals surface area (Å²) in [5.41, 5.74) is 2.20. The van der Waals surface area contributed by atoms with Crippen molar-refractivity contribution < 1.29 is 0 Å². The van der Waals surface area contributed by atoms with Crippen molar-refractivity contribution in [1.29, 1.82) is 0 Å². The minimum absolute atomic E-state index is 0.808. The van der Waals surface area contributed by atoms with Crippen LogP contribution in [-0.4, -0.2) is 21.1 Å². The van der Waals surface area contributed by atoms with Crippen LogP contribution in [0.2, 0.25) is 0 Å². The summed E-state index contributed by atoms with van der Waals surface area (Å²) in [6.45, 7) is 6.03. The fraction of sp³-hybridized carbons (Fsp3) is 0.429. The number of pyridine rings is 1. The monoisotopic (exact) mass is 244 g/mol. The minimum atomic E-state index is 0.808. The maximum atomic E-state index is 4.40. The van der Waals surface area contributed by atoms with Crippen molar-refractivity contribution in [3.05, 3.63) is 42.2 Å². The highest BCUT2D eigenvalue weighted by molar-refractivity contribution is 5.33. The van der Waals surface area contributed by atoms with Crippen LogP contribution in [0.15, 0.2) is 30.7 Å². The molecule has 0 saturated heterocycles. The molecule has 1 N–H and O–H groups in total. The van der Waals surface area contributed by atoms with E-state index in [-0.39, 0.29) is 0 Å². The zero-order valence-electron chi connectivity index (χ0n) is 11.1. The maximum Gasteiger partial charge on any atom is 0.113 e. The van der Waals surface area contributed by atoms with E-state index in [0.29, 0.717) is 0 Å². The first-order valence-corrected chi connectivity index (χ1v) is 6.53. The van der Waals surface area contributed by atoms with E-state index in [1.54, 1.807) is 0 Å². The summed E-state index contributed by atoms with van der Waals surface area (Å²) in [5, 5.41) is 3.29. The van der Waals surface area contributed by atoms with E-state index in [4.69, 9.17) is 0 Å². The molecule has 2 aromatic rings. The molecule has 0 aliphatic rings. The molecule has 0 atom stereocenters. The van der Waals surface area contributed by atoms with Crippen LogP contribution in [0.25, 0.3) is 5.69 Å². The van der Waals surface area contributed by atoms with Gasteiger partial charge in [-0.2, -0.15) is 0 Å². The Kier molecular flexibility index (Phi) is 4.47. The number of rotatable bonds is 6.